The van der Waals surface area contributed by atoms with E-state index >= 15 is 0 Å². The van der Waals surface area contributed by atoms with Gasteiger partial charge in [-0.15, -0.1) is 21.5 Å². The van der Waals surface area contributed by atoms with Gasteiger partial charge in [0.2, 0.25) is 0 Å². The molecule has 4 rings (SSSR count). The molecule has 0 fully saturated rings. The zero-order chi connectivity index (χ0) is 18.6. The van der Waals surface area contributed by atoms with Crippen molar-refractivity contribution in [1.82, 2.24) is 20.2 Å². The highest BCUT2D eigenvalue weighted by Gasteiger charge is 2.13. The van der Waals surface area contributed by atoms with Gasteiger partial charge in [0.25, 0.3) is 0 Å². The maximum Gasteiger partial charge on any atom is 0.125 e. The van der Waals surface area contributed by atoms with E-state index in [-0.39, 0.29) is 0 Å². The molecule has 0 amide bonds. The number of pyridine rings is 1. The van der Waals surface area contributed by atoms with Crippen molar-refractivity contribution in [2.24, 2.45) is 0 Å². The maximum atomic E-state index is 6.03. The van der Waals surface area contributed by atoms with Crippen molar-refractivity contribution in [1.29, 1.82) is 0 Å². The molecule has 0 saturated carbocycles. The first-order valence-corrected chi connectivity index (χ1v) is 10.5. The van der Waals surface area contributed by atoms with Crippen molar-refractivity contribution in [2.45, 2.75) is 17.7 Å². The van der Waals surface area contributed by atoms with Gasteiger partial charge in [0, 0.05) is 28.7 Å². The first-order chi connectivity index (χ1) is 13.2. The summed E-state index contributed by atoms with van der Waals surface area (Å²) in [6.07, 6.45) is 3.58. The molecule has 4 aromatic rings. The van der Waals surface area contributed by atoms with Crippen LogP contribution in [0, 0.1) is 6.92 Å². The summed E-state index contributed by atoms with van der Waals surface area (Å²) in [6, 6.07) is 15.8. The fraction of sp³-hybridized carbons (Fsp3) is 0.100. The van der Waals surface area contributed by atoms with Gasteiger partial charge in [0.15, 0.2) is 0 Å². The van der Waals surface area contributed by atoms with Gasteiger partial charge in [-0.3, -0.25) is 4.98 Å². The summed E-state index contributed by atoms with van der Waals surface area (Å²) in [7, 11) is 0. The number of aromatic nitrogens is 4. The lowest BCUT2D eigenvalue weighted by Crippen LogP contribution is -1.90. The third-order valence-corrected chi connectivity index (χ3v) is 6.31. The zero-order valence-corrected chi connectivity index (χ0v) is 16.9. The minimum Gasteiger partial charge on any atom is -0.264 e. The molecule has 0 aliphatic rings. The van der Waals surface area contributed by atoms with E-state index in [1.54, 1.807) is 29.3 Å². The lowest BCUT2D eigenvalue weighted by molar-refractivity contribution is 0.936. The van der Waals surface area contributed by atoms with Crippen LogP contribution in [-0.2, 0) is 5.75 Å². The van der Waals surface area contributed by atoms with Gasteiger partial charge in [-0.05, 0) is 48.9 Å². The minimum absolute atomic E-state index is 0.750. The number of halogens is 1. The Balaban J connectivity index is 1.50. The number of thioether (sulfide) groups is 1. The molecule has 134 valence electrons. The summed E-state index contributed by atoms with van der Waals surface area (Å²) in [4.78, 5) is 9.85. The van der Waals surface area contributed by atoms with Gasteiger partial charge in [-0.1, -0.05) is 35.5 Å². The summed E-state index contributed by atoms with van der Waals surface area (Å²) >= 11 is 9.28. The van der Waals surface area contributed by atoms with Crippen LogP contribution in [0.3, 0.4) is 0 Å². The Labute approximate surface area is 170 Å². The van der Waals surface area contributed by atoms with Gasteiger partial charge in [0.05, 0.1) is 10.6 Å². The van der Waals surface area contributed by atoms with Crippen LogP contribution in [-0.4, -0.2) is 20.2 Å². The Bertz CT molecular complexity index is 1050. The molecular formula is C20H15ClN4S2. The van der Waals surface area contributed by atoms with Crippen molar-refractivity contribution in [3.63, 3.8) is 0 Å². The Morgan fingerprint density at radius 3 is 2.74 bits per heavy atom. The lowest BCUT2D eigenvalue weighted by Gasteiger charge is -2.02. The first-order valence-electron chi connectivity index (χ1n) is 8.28. The summed E-state index contributed by atoms with van der Waals surface area (Å²) in [5.74, 6) is 0.805. The zero-order valence-electron chi connectivity index (χ0n) is 14.5. The quantitative estimate of drug-likeness (QED) is 0.382. The molecule has 0 spiro atoms. The third-order valence-electron chi connectivity index (χ3n) is 3.85. The van der Waals surface area contributed by atoms with E-state index in [9.17, 15) is 0 Å². The second-order valence-electron chi connectivity index (χ2n) is 5.85. The third kappa shape index (κ3) is 4.35. The van der Waals surface area contributed by atoms with Crippen LogP contribution in [0.2, 0.25) is 5.02 Å². The van der Waals surface area contributed by atoms with E-state index < -0.39 is 0 Å². The van der Waals surface area contributed by atoms with Crippen molar-refractivity contribution < 1.29 is 0 Å². The number of hydrogen-bond acceptors (Lipinski definition) is 6. The number of rotatable bonds is 5. The SMILES string of the molecule is Cc1nc(-c2cccnc2)sc1-c1ccc(SCc2cccc(Cl)c2)nn1. The smallest absolute Gasteiger partial charge is 0.125 e. The van der Waals surface area contributed by atoms with Crippen LogP contribution in [0.15, 0.2) is 66.0 Å². The van der Waals surface area contributed by atoms with Crippen molar-refractivity contribution in [3.8, 4) is 21.1 Å². The molecule has 3 aromatic heterocycles. The van der Waals surface area contributed by atoms with Crippen LogP contribution >= 0.6 is 34.7 Å². The molecule has 0 atom stereocenters. The van der Waals surface area contributed by atoms with Crippen LogP contribution in [0.5, 0.6) is 0 Å². The Morgan fingerprint density at radius 1 is 1.07 bits per heavy atom. The number of thiazole rings is 1. The Morgan fingerprint density at radius 2 is 2.00 bits per heavy atom. The highest BCUT2D eigenvalue weighted by molar-refractivity contribution is 7.98. The van der Waals surface area contributed by atoms with Gasteiger partial charge in [-0.25, -0.2) is 4.98 Å². The molecule has 0 radical (unpaired) electrons. The number of benzene rings is 1. The lowest BCUT2D eigenvalue weighted by atomic mass is 10.2. The van der Waals surface area contributed by atoms with E-state index in [0.29, 0.717) is 0 Å². The average molecular weight is 411 g/mol. The van der Waals surface area contributed by atoms with Gasteiger partial charge >= 0.3 is 0 Å². The van der Waals surface area contributed by atoms with Crippen LogP contribution in [0.4, 0.5) is 0 Å². The van der Waals surface area contributed by atoms with Gasteiger partial charge < -0.3 is 0 Å². The summed E-state index contributed by atoms with van der Waals surface area (Å²) in [5, 5.41) is 11.3. The van der Waals surface area contributed by atoms with E-state index in [1.165, 1.54) is 0 Å². The van der Waals surface area contributed by atoms with E-state index in [1.807, 2.05) is 55.6 Å². The molecule has 0 bridgehead atoms. The predicted molar refractivity (Wildman–Crippen MR) is 112 cm³/mol. The second-order valence-corrected chi connectivity index (χ2v) is 8.28. The number of aryl methyl sites for hydroxylation is 1. The Kier molecular flexibility index (Phi) is 5.48. The molecule has 27 heavy (non-hydrogen) atoms. The highest BCUT2D eigenvalue weighted by atomic mass is 35.5. The fourth-order valence-electron chi connectivity index (χ4n) is 2.55. The molecule has 3 heterocycles. The second kappa shape index (κ2) is 8.17. The summed E-state index contributed by atoms with van der Waals surface area (Å²) in [6.45, 7) is 2.00. The maximum absolute atomic E-state index is 6.03. The molecule has 0 aliphatic carbocycles. The normalized spacial score (nSPS) is 10.9. The number of nitrogens with zero attached hydrogens (tertiary/aromatic N) is 4. The summed E-state index contributed by atoms with van der Waals surface area (Å²) in [5.41, 5.74) is 3.97. The molecule has 0 saturated heterocycles. The molecular weight excluding hydrogens is 396 g/mol. The van der Waals surface area contributed by atoms with Crippen molar-refractivity contribution >= 4 is 34.7 Å². The average Bonchev–Trinajstić information content (AvgIpc) is 3.09. The summed E-state index contributed by atoms with van der Waals surface area (Å²) < 4.78 is 0. The van der Waals surface area contributed by atoms with Crippen LogP contribution in [0.1, 0.15) is 11.3 Å². The van der Waals surface area contributed by atoms with Crippen LogP contribution < -0.4 is 0 Å². The van der Waals surface area contributed by atoms with Crippen LogP contribution in [0.25, 0.3) is 21.1 Å². The Hall–Kier alpha value is -2.28. The number of hydrogen-bond donors (Lipinski definition) is 0. The molecule has 7 heteroatoms. The molecule has 0 unspecified atom stereocenters. The molecule has 1 aromatic carbocycles. The van der Waals surface area contributed by atoms with Crippen molar-refractivity contribution in [3.05, 3.63) is 77.2 Å². The fourth-order valence-corrected chi connectivity index (χ4v) is 4.54. The molecule has 0 aliphatic heterocycles. The first kappa shape index (κ1) is 18.1. The molecule has 0 N–H and O–H groups in total. The monoisotopic (exact) mass is 410 g/mol. The van der Waals surface area contributed by atoms with Crippen molar-refractivity contribution in [2.75, 3.05) is 0 Å². The van der Waals surface area contributed by atoms with Gasteiger partial charge in [0.1, 0.15) is 15.7 Å². The predicted octanol–water partition coefficient (Wildman–Crippen LogP) is 5.92. The minimum atomic E-state index is 0.750. The standard InChI is InChI=1S/C20H15ClN4S2/c1-13-19(27-20(23-13)15-5-3-9-22-11-15)17-7-8-18(25-24-17)26-12-14-4-2-6-16(21)10-14/h2-11H,12H2,1H3. The van der Waals surface area contributed by atoms with E-state index in [2.05, 4.69) is 26.2 Å². The largest absolute Gasteiger partial charge is 0.264 e. The highest BCUT2D eigenvalue weighted by Crippen LogP contribution is 2.34. The van der Waals surface area contributed by atoms with E-state index in [0.717, 1.165) is 48.2 Å². The van der Waals surface area contributed by atoms with Gasteiger partial charge in [-0.2, -0.15) is 0 Å². The topological polar surface area (TPSA) is 51.6 Å². The molecule has 4 nitrogen and oxygen atoms in total. The van der Waals surface area contributed by atoms with E-state index in [4.69, 9.17) is 11.6 Å².